The van der Waals surface area contributed by atoms with Crippen LogP contribution >= 0.6 is 45.5 Å². The maximum atomic E-state index is 10.9. The normalized spacial score (nSPS) is 12.8. The van der Waals surface area contributed by atoms with Gasteiger partial charge in [-0.05, 0) is 5.56 Å². The van der Waals surface area contributed by atoms with Gasteiger partial charge in [-0.2, -0.15) is 0 Å². The quantitative estimate of drug-likeness (QED) is 0.618. The Bertz CT molecular complexity index is 450. The van der Waals surface area contributed by atoms with Crippen LogP contribution in [0.15, 0.2) is 24.3 Å². The van der Waals surface area contributed by atoms with Crippen molar-refractivity contribution in [2.45, 2.75) is 9.55 Å². The molecule has 15 heavy (non-hydrogen) atoms. The Morgan fingerprint density at radius 1 is 1.13 bits per heavy atom. The van der Waals surface area contributed by atoms with Crippen molar-refractivity contribution in [3.05, 3.63) is 35.4 Å². The van der Waals surface area contributed by atoms with Gasteiger partial charge in [0.05, 0.1) is 5.75 Å². The predicted molar refractivity (Wildman–Crippen MR) is 64.2 cm³/mol. The van der Waals surface area contributed by atoms with E-state index in [1.54, 1.807) is 24.3 Å². The van der Waals surface area contributed by atoms with E-state index >= 15 is 0 Å². The van der Waals surface area contributed by atoms with Crippen LogP contribution in [0.2, 0.25) is 0 Å². The van der Waals surface area contributed by atoms with Gasteiger partial charge in [-0.1, -0.05) is 59.1 Å². The van der Waals surface area contributed by atoms with Crippen LogP contribution in [-0.4, -0.2) is 8.42 Å². The maximum absolute atomic E-state index is 10.9. The van der Waals surface area contributed by atoms with E-state index in [9.17, 15) is 8.42 Å². The van der Waals surface area contributed by atoms with E-state index in [4.69, 9.17) is 45.5 Å². The number of benzene rings is 1. The molecule has 0 atom stereocenters. The zero-order chi connectivity index (χ0) is 11.7. The minimum Gasteiger partial charge on any atom is -0.212 e. The standard InChI is InChI=1S/C8H6Cl4O2S/c9-8(10,11)7-4-2-1-3-6(7)5-15(12,13)14/h1-4H,5H2. The molecule has 0 heterocycles. The van der Waals surface area contributed by atoms with Crippen molar-refractivity contribution in [2.75, 3.05) is 0 Å². The van der Waals surface area contributed by atoms with Gasteiger partial charge in [-0.15, -0.1) is 0 Å². The van der Waals surface area contributed by atoms with Crippen molar-refractivity contribution in [1.82, 2.24) is 0 Å². The van der Waals surface area contributed by atoms with E-state index in [1.807, 2.05) is 0 Å². The second-order valence-electron chi connectivity index (χ2n) is 2.84. The summed E-state index contributed by atoms with van der Waals surface area (Å²) < 4.78 is 20.2. The Morgan fingerprint density at radius 3 is 2.13 bits per heavy atom. The molecule has 2 nitrogen and oxygen atoms in total. The fraction of sp³-hybridized carbons (Fsp3) is 0.250. The van der Waals surface area contributed by atoms with Crippen LogP contribution in [0.5, 0.6) is 0 Å². The first-order valence-electron chi connectivity index (χ1n) is 3.77. The molecule has 1 aromatic carbocycles. The molecule has 0 spiro atoms. The van der Waals surface area contributed by atoms with E-state index in [-0.39, 0.29) is 5.75 Å². The van der Waals surface area contributed by atoms with Crippen molar-refractivity contribution in [1.29, 1.82) is 0 Å². The monoisotopic (exact) mass is 306 g/mol. The second-order valence-corrected chi connectivity index (χ2v) is 7.90. The molecule has 7 heteroatoms. The lowest BCUT2D eigenvalue weighted by Gasteiger charge is -2.15. The molecule has 1 rings (SSSR count). The average molecular weight is 308 g/mol. The van der Waals surface area contributed by atoms with E-state index in [1.165, 1.54) is 0 Å². The SMILES string of the molecule is O=S(=O)(Cl)Cc1ccccc1C(Cl)(Cl)Cl. The number of rotatable bonds is 2. The Hall–Kier alpha value is 0.330. The third kappa shape index (κ3) is 4.37. The molecule has 0 saturated carbocycles. The predicted octanol–water partition coefficient (Wildman–Crippen LogP) is 3.58. The number of alkyl halides is 3. The summed E-state index contributed by atoms with van der Waals surface area (Å²) in [6.45, 7) is 0. The summed E-state index contributed by atoms with van der Waals surface area (Å²) >= 11 is 17.1. The number of halogens is 4. The molecule has 84 valence electrons. The molecule has 1 aromatic rings. The lowest BCUT2D eigenvalue weighted by atomic mass is 10.1. The Balaban J connectivity index is 3.19. The average Bonchev–Trinajstić information content (AvgIpc) is 1.99. The molecular weight excluding hydrogens is 302 g/mol. The molecule has 0 unspecified atom stereocenters. The summed E-state index contributed by atoms with van der Waals surface area (Å²) in [6.07, 6.45) is 0. The summed E-state index contributed by atoms with van der Waals surface area (Å²) in [5, 5.41) is 0. The minimum atomic E-state index is -3.66. The Kier molecular flexibility index (Phi) is 4.18. The van der Waals surface area contributed by atoms with Crippen LogP contribution in [0.1, 0.15) is 11.1 Å². The van der Waals surface area contributed by atoms with E-state index in [0.717, 1.165) is 0 Å². The van der Waals surface area contributed by atoms with Crippen molar-refractivity contribution < 1.29 is 8.42 Å². The molecule has 0 aliphatic heterocycles. The van der Waals surface area contributed by atoms with Crippen LogP contribution in [-0.2, 0) is 18.6 Å². The lowest BCUT2D eigenvalue weighted by Crippen LogP contribution is -2.07. The van der Waals surface area contributed by atoms with E-state index in [2.05, 4.69) is 0 Å². The van der Waals surface area contributed by atoms with Gasteiger partial charge in [0.15, 0.2) is 0 Å². The zero-order valence-corrected chi connectivity index (χ0v) is 11.1. The molecule has 0 radical (unpaired) electrons. The highest BCUT2D eigenvalue weighted by atomic mass is 35.7. The topological polar surface area (TPSA) is 34.1 Å². The summed E-state index contributed by atoms with van der Waals surface area (Å²) in [5.41, 5.74) is 0.701. The molecular formula is C8H6Cl4O2S. The summed E-state index contributed by atoms with van der Waals surface area (Å²) in [7, 11) is 1.47. The van der Waals surface area contributed by atoms with Crippen LogP contribution in [0.4, 0.5) is 0 Å². The number of hydrogen-bond acceptors (Lipinski definition) is 2. The fourth-order valence-corrected chi connectivity index (χ4v) is 2.64. The van der Waals surface area contributed by atoms with Gasteiger partial charge in [0.1, 0.15) is 0 Å². The summed E-state index contributed by atoms with van der Waals surface area (Å²) in [4.78, 5) is 0. The van der Waals surface area contributed by atoms with Gasteiger partial charge in [-0.25, -0.2) is 8.42 Å². The number of hydrogen-bond donors (Lipinski definition) is 0. The third-order valence-electron chi connectivity index (χ3n) is 1.65. The molecule has 0 saturated heterocycles. The van der Waals surface area contributed by atoms with Gasteiger partial charge in [0.2, 0.25) is 12.8 Å². The highest BCUT2D eigenvalue weighted by Gasteiger charge is 2.26. The first-order valence-corrected chi connectivity index (χ1v) is 7.39. The molecule has 0 N–H and O–H groups in total. The van der Waals surface area contributed by atoms with Crippen LogP contribution in [0, 0.1) is 0 Å². The summed E-state index contributed by atoms with van der Waals surface area (Å²) in [6, 6.07) is 6.40. The van der Waals surface area contributed by atoms with Gasteiger partial charge in [0.25, 0.3) is 0 Å². The highest BCUT2D eigenvalue weighted by Crippen LogP contribution is 2.40. The van der Waals surface area contributed by atoms with E-state index in [0.29, 0.717) is 11.1 Å². The molecule has 0 aromatic heterocycles. The fourth-order valence-electron chi connectivity index (χ4n) is 1.11. The van der Waals surface area contributed by atoms with Crippen LogP contribution < -0.4 is 0 Å². The molecule has 0 aliphatic carbocycles. The summed E-state index contributed by atoms with van der Waals surface area (Å²) in [5.74, 6) is -0.362. The van der Waals surface area contributed by atoms with Crippen LogP contribution in [0.3, 0.4) is 0 Å². The molecule has 0 fully saturated rings. The Morgan fingerprint density at radius 2 is 1.67 bits per heavy atom. The first-order chi connectivity index (χ1) is 6.70. The second kappa shape index (κ2) is 4.68. The minimum absolute atomic E-state index is 0.319. The van der Waals surface area contributed by atoms with Gasteiger partial charge >= 0.3 is 0 Å². The smallest absolute Gasteiger partial charge is 0.212 e. The van der Waals surface area contributed by atoms with Crippen molar-refractivity contribution in [3.63, 3.8) is 0 Å². The Labute approximate surface area is 108 Å². The van der Waals surface area contributed by atoms with Gasteiger partial charge in [-0.3, -0.25) is 0 Å². The highest BCUT2D eigenvalue weighted by molar-refractivity contribution is 8.13. The zero-order valence-electron chi connectivity index (χ0n) is 7.25. The van der Waals surface area contributed by atoms with Crippen molar-refractivity contribution >= 4 is 54.5 Å². The van der Waals surface area contributed by atoms with Crippen molar-refractivity contribution in [2.24, 2.45) is 0 Å². The van der Waals surface area contributed by atoms with Crippen molar-refractivity contribution in [3.8, 4) is 0 Å². The van der Waals surface area contributed by atoms with Crippen LogP contribution in [0.25, 0.3) is 0 Å². The molecule has 0 amide bonds. The van der Waals surface area contributed by atoms with Gasteiger partial charge < -0.3 is 0 Å². The van der Waals surface area contributed by atoms with Gasteiger partial charge in [0, 0.05) is 16.2 Å². The van der Waals surface area contributed by atoms with E-state index < -0.39 is 12.8 Å². The lowest BCUT2D eigenvalue weighted by molar-refractivity contribution is 0.608. The maximum Gasteiger partial charge on any atom is 0.236 e. The first kappa shape index (κ1) is 13.4. The third-order valence-corrected chi connectivity index (χ3v) is 3.24. The molecule has 0 bridgehead atoms. The largest absolute Gasteiger partial charge is 0.236 e. The molecule has 0 aliphatic rings.